The van der Waals surface area contributed by atoms with E-state index in [2.05, 4.69) is 19.9 Å². The van der Waals surface area contributed by atoms with Crippen molar-refractivity contribution in [3.05, 3.63) is 60.2 Å². The molecule has 184 valence electrons. The minimum Gasteiger partial charge on any atom is -0.354 e. The standard InChI is InChI=1S/C23H23F4N7O/c1-14-28-7-9-33(14)21-12-29-18(11-31-21)22(35)34(16-3-4-16)19-6-8-32(13-17(19)24)20-5-2-15(10-30-20)23(25,26)27/h2,5,7,9-12,16-17,19H,3-4,6,8,13H2,1H3/t17-,19?/m0/s1. The highest BCUT2D eigenvalue weighted by atomic mass is 19.4. The molecule has 0 N–H and O–H groups in total. The van der Waals surface area contributed by atoms with Crippen LogP contribution < -0.4 is 4.90 Å². The van der Waals surface area contributed by atoms with Crippen LogP contribution in [0.5, 0.6) is 0 Å². The number of carbonyl (C=O) groups excluding carboxylic acids is 1. The van der Waals surface area contributed by atoms with E-state index in [1.165, 1.54) is 18.5 Å². The molecule has 1 unspecified atom stereocenters. The van der Waals surface area contributed by atoms with E-state index < -0.39 is 24.0 Å². The maximum absolute atomic E-state index is 15.4. The number of rotatable bonds is 5. The van der Waals surface area contributed by atoms with Gasteiger partial charge in [0.25, 0.3) is 5.91 Å². The van der Waals surface area contributed by atoms with Crippen LogP contribution in [-0.4, -0.2) is 66.7 Å². The second-order valence-corrected chi connectivity index (χ2v) is 8.77. The number of aromatic nitrogens is 5. The number of aryl methyl sites for hydroxylation is 1. The van der Waals surface area contributed by atoms with Crippen molar-refractivity contribution < 1.29 is 22.4 Å². The summed E-state index contributed by atoms with van der Waals surface area (Å²) >= 11 is 0. The van der Waals surface area contributed by atoms with Gasteiger partial charge in [-0.3, -0.25) is 9.36 Å². The molecule has 1 aliphatic carbocycles. The molecule has 1 amide bonds. The van der Waals surface area contributed by atoms with Crippen molar-refractivity contribution >= 4 is 11.7 Å². The fraction of sp³-hybridized carbons (Fsp3) is 0.435. The van der Waals surface area contributed by atoms with Crippen molar-refractivity contribution in [2.24, 2.45) is 0 Å². The van der Waals surface area contributed by atoms with Crippen LogP contribution in [0.4, 0.5) is 23.4 Å². The first-order chi connectivity index (χ1) is 16.7. The van der Waals surface area contributed by atoms with Gasteiger partial charge in [-0.05, 0) is 38.3 Å². The lowest BCUT2D eigenvalue weighted by molar-refractivity contribution is -0.137. The number of hydrogen-bond acceptors (Lipinski definition) is 6. The molecule has 3 aromatic heterocycles. The number of amides is 1. The van der Waals surface area contributed by atoms with Crippen LogP contribution in [0.25, 0.3) is 5.82 Å². The molecule has 1 saturated carbocycles. The van der Waals surface area contributed by atoms with Gasteiger partial charge in [0.2, 0.25) is 0 Å². The first kappa shape index (κ1) is 23.2. The maximum Gasteiger partial charge on any atom is 0.417 e. The van der Waals surface area contributed by atoms with E-state index in [1.54, 1.807) is 26.8 Å². The molecular formula is C23H23F4N7O. The van der Waals surface area contributed by atoms with Crippen molar-refractivity contribution in [3.8, 4) is 5.82 Å². The molecule has 0 spiro atoms. The van der Waals surface area contributed by atoms with Crippen LogP contribution in [0, 0.1) is 6.92 Å². The lowest BCUT2D eigenvalue weighted by Crippen LogP contribution is -2.55. The zero-order valence-corrected chi connectivity index (χ0v) is 18.9. The molecule has 0 aromatic carbocycles. The zero-order valence-electron chi connectivity index (χ0n) is 18.9. The Kier molecular flexibility index (Phi) is 5.89. The molecule has 1 saturated heterocycles. The van der Waals surface area contributed by atoms with E-state index in [-0.39, 0.29) is 30.0 Å². The van der Waals surface area contributed by atoms with E-state index in [1.807, 2.05) is 6.92 Å². The van der Waals surface area contributed by atoms with Crippen LogP contribution >= 0.6 is 0 Å². The number of piperidine rings is 1. The Bertz CT molecular complexity index is 1190. The van der Waals surface area contributed by atoms with Crippen LogP contribution in [0.1, 0.15) is 41.1 Å². The normalized spacial score (nSPS) is 20.7. The quantitative estimate of drug-likeness (QED) is 0.510. The third-order valence-corrected chi connectivity index (χ3v) is 6.37. The van der Waals surface area contributed by atoms with Gasteiger partial charge in [0.15, 0.2) is 5.82 Å². The number of alkyl halides is 4. The average Bonchev–Trinajstić information content (AvgIpc) is 3.59. The molecule has 0 radical (unpaired) electrons. The van der Waals surface area contributed by atoms with E-state index in [4.69, 9.17) is 0 Å². The Hall–Kier alpha value is -3.57. The Morgan fingerprint density at radius 2 is 1.80 bits per heavy atom. The molecule has 5 rings (SSSR count). The summed E-state index contributed by atoms with van der Waals surface area (Å²) in [5, 5.41) is 0. The second kappa shape index (κ2) is 8.90. The lowest BCUT2D eigenvalue weighted by atomic mass is 10.00. The summed E-state index contributed by atoms with van der Waals surface area (Å²) in [6.45, 7) is 2.12. The fourth-order valence-electron chi connectivity index (χ4n) is 4.40. The summed E-state index contributed by atoms with van der Waals surface area (Å²) in [6, 6.07) is 1.48. The van der Waals surface area contributed by atoms with E-state index in [9.17, 15) is 18.0 Å². The SMILES string of the molecule is Cc1nccn1-c1cnc(C(=O)N(C2CC2)C2CCN(c3ccc(C(F)(F)F)cn3)C[C@@H]2F)cn1. The Morgan fingerprint density at radius 1 is 1.03 bits per heavy atom. The van der Waals surface area contributed by atoms with Gasteiger partial charge in [-0.25, -0.2) is 24.3 Å². The zero-order chi connectivity index (χ0) is 24.7. The summed E-state index contributed by atoms with van der Waals surface area (Å²) in [7, 11) is 0. The van der Waals surface area contributed by atoms with Crippen molar-refractivity contribution in [2.45, 2.75) is 50.6 Å². The first-order valence-electron chi connectivity index (χ1n) is 11.3. The largest absolute Gasteiger partial charge is 0.417 e. The van der Waals surface area contributed by atoms with Gasteiger partial charge in [0.05, 0.1) is 30.5 Å². The predicted octanol–water partition coefficient (Wildman–Crippen LogP) is 3.61. The number of anilines is 1. The summed E-state index contributed by atoms with van der Waals surface area (Å²) < 4.78 is 55.5. The Morgan fingerprint density at radius 3 is 2.34 bits per heavy atom. The Labute approximate surface area is 198 Å². The van der Waals surface area contributed by atoms with Crippen LogP contribution in [0.3, 0.4) is 0 Å². The molecule has 4 heterocycles. The van der Waals surface area contributed by atoms with Gasteiger partial charge in [-0.1, -0.05) is 0 Å². The molecule has 2 fully saturated rings. The number of imidazole rings is 1. The topological polar surface area (TPSA) is 80.0 Å². The minimum atomic E-state index is -4.48. The summed E-state index contributed by atoms with van der Waals surface area (Å²) in [5.41, 5.74) is -0.716. The third kappa shape index (κ3) is 4.69. The van der Waals surface area contributed by atoms with E-state index >= 15 is 4.39 Å². The van der Waals surface area contributed by atoms with Crippen LogP contribution in [0.15, 0.2) is 43.1 Å². The molecular weight excluding hydrogens is 466 g/mol. The smallest absolute Gasteiger partial charge is 0.354 e. The summed E-state index contributed by atoms with van der Waals surface area (Å²) in [6.07, 6.45) is 3.04. The van der Waals surface area contributed by atoms with Crippen molar-refractivity contribution in [2.75, 3.05) is 18.0 Å². The molecule has 8 nitrogen and oxygen atoms in total. The fourth-order valence-corrected chi connectivity index (χ4v) is 4.40. The van der Waals surface area contributed by atoms with Gasteiger partial charge >= 0.3 is 6.18 Å². The minimum absolute atomic E-state index is 0.0566. The van der Waals surface area contributed by atoms with E-state index in [0.717, 1.165) is 30.9 Å². The molecule has 0 bridgehead atoms. The van der Waals surface area contributed by atoms with Gasteiger partial charge in [0.1, 0.15) is 23.5 Å². The molecule has 2 aliphatic rings. The molecule has 35 heavy (non-hydrogen) atoms. The van der Waals surface area contributed by atoms with E-state index in [0.29, 0.717) is 18.8 Å². The average molecular weight is 489 g/mol. The predicted molar refractivity (Wildman–Crippen MR) is 118 cm³/mol. The summed E-state index contributed by atoms with van der Waals surface area (Å²) in [4.78, 5) is 33.1. The highest BCUT2D eigenvalue weighted by molar-refractivity contribution is 5.92. The monoisotopic (exact) mass is 489 g/mol. The Balaban J connectivity index is 1.29. The third-order valence-electron chi connectivity index (χ3n) is 6.37. The van der Waals surface area contributed by atoms with Crippen molar-refractivity contribution in [1.29, 1.82) is 0 Å². The first-order valence-corrected chi connectivity index (χ1v) is 11.3. The molecule has 1 aliphatic heterocycles. The second-order valence-electron chi connectivity index (χ2n) is 8.77. The number of carbonyl (C=O) groups is 1. The van der Waals surface area contributed by atoms with Gasteiger partial charge in [-0.2, -0.15) is 13.2 Å². The van der Waals surface area contributed by atoms with Gasteiger partial charge in [-0.15, -0.1) is 0 Å². The van der Waals surface area contributed by atoms with Crippen LogP contribution in [0.2, 0.25) is 0 Å². The number of nitrogens with zero attached hydrogens (tertiary/aromatic N) is 7. The molecule has 3 aromatic rings. The van der Waals surface area contributed by atoms with Crippen molar-refractivity contribution in [1.82, 2.24) is 29.4 Å². The lowest BCUT2D eigenvalue weighted by Gasteiger charge is -2.41. The van der Waals surface area contributed by atoms with Gasteiger partial charge < -0.3 is 9.80 Å². The summed E-state index contributed by atoms with van der Waals surface area (Å²) in [5.74, 6) is 1.16. The van der Waals surface area contributed by atoms with Crippen molar-refractivity contribution in [3.63, 3.8) is 0 Å². The number of pyridine rings is 1. The molecule has 12 heteroatoms. The highest BCUT2D eigenvalue weighted by Crippen LogP contribution is 2.35. The number of halogens is 4. The molecule has 2 atom stereocenters. The maximum atomic E-state index is 15.4. The highest BCUT2D eigenvalue weighted by Gasteiger charge is 2.44. The van der Waals surface area contributed by atoms with Crippen LogP contribution in [-0.2, 0) is 6.18 Å². The van der Waals surface area contributed by atoms with Gasteiger partial charge in [0, 0.05) is 31.2 Å². The number of hydrogen-bond donors (Lipinski definition) is 0.